The summed E-state index contributed by atoms with van der Waals surface area (Å²) in [4.78, 5) is 12.7. The highest BCUT2D eigenvalue weighted by Crippen LogP contribution is 2.17. The van der Waals surface area contributed by atoms with E-state index in [4.69, 9.17) is 4.74 Å². The molecule has 94 valence electrons. The quantitative estimate of drug-likeness (QED) is 0.790. The molecule has 1 aromatic rings. The summed E-state index contributed by atoms with van der Waals surface area (Å²) >= 11 is 1.54. The summed E-state index contributed by atoms with van der Waals surface area (Å²) in [6, 6.07) is 8.23. The van der Waals surface area contributed by atoms with Gasteiger partial charge in [0.25, 0.3) is 0 Å². The van der Waals surface area contributed by atoms with Gasteiger partial charge in [0.2, 0.25) is 5.91 Å². The third kappa shape index (κ3) is 5.75. The number of nitrogens with one attached hydrogen (secondary N) is 1. The van der Waals surface area contributed by atoms with Crippen molar-refractivity contribution in [1.82, 2.24) is 5.32 Å². The lowest BCUT2D eigenvalue weighted by molar-refractivity contribution is -0.119. The fourth-order valence-electron chi connectivity index (χ4n) is 1.39. The van der Waals surface area contributed by atoms with Crippen LogP contribution in [0.3, 0.4) is 0 Å². The Balaban J connectivity index is 2.30. The molecule has 0 bridgehead atoms. The summed E-state index contributed by atoms with van der Waals surface area (Å²) in [6.45, 7) is 4.52. The maximum absolute atomic E-state index is 11.6. The Morgan fingerprint density at radius 2 is 2.06 bits per heavy atom. The molecule has 0 radical (unpaired) electrons. The van der Waals surface area contributed by atoms with Gasteiger partial charge < -0.3 is 10.1 Å². The van der Waals surface area contributed by atoms with Crippen molar-refractivity contribution in [3.8, 4) is 0 Å². The summed E-state index contributed by atoms with van der Waals surface area (Å²) in [5, 5.41) is 2.88. The Morgan fingerprint density at radius 1 is 1.41 bits per heavy atom. The maximum atomic E-state index is 11.6. The third-order valence-corrected chi connectivity index (χ3v) is 3.23. The molecule has 17 heavy (non-hydrogen) atoms. The average Bonchev–Trinajstić information content (AvgIpc) is 2.28. The minimum Gasteiger partial charge on any atom is -0.383 e. The van der Waals surface area contributed by atoms with Crippen LogP contribution in [0.5, 0.6) is 0 Å². The molecule has 0 aromatic heterocycles. The minimum atomic E-state index is 0.0418. The van der Waals surface area contributed by atoms with Gasteiger partial charge in [0.15, 0.2) is 0 Å². The zero-order valence-corrected chi connectivity index (χ0v) is 11.3. The fraction of sp³-hybridized carbons (Fsp3) is 0.462. The SMILES string of the molecule is COCC(C)NC(=O)CSc1ccc(C)cc1. The van der Waals surface area contributed by atoms with Crippen molar-refractivity contribution in [1.29, 1.82) is 0 Å². The second kappa shape index (κ2) is 7.35. The predicted octanol–water partition coefficient (Wildman–Crippen LogP) is 2.24. The first-order valence-corrected chi connectivity index (χ1v) is 6.58. The first-order valence-electron chi connectivity index (χ1n) is 5.59. The number of benzene rings is 1. The molecule has 0 saturated carbocycles. The highest BCUT2D eigenvalue weighted by atomic mass is 32.2. The summed E-state index contributed by atoms with van der Waals surface area (Å²) in [7, 11) is 1.63. The summed E-state index contributed by atoms with van der Waals surface area (Å²) in [6.07, 6.45) is 0. The molecule has 4 heteroatoms. The van der Waals surface area contributed by atoms with Crippen molar-refractivity contribution >= 4 is 17.7 Å². The smallest absolute Gasteiger partial charge is 0.230 e. The van der Waals surface area contributed by atoms with Gasteiger partial charge in [-0.15, -0.1) is 11.8 Å². The largest absolute Gasteiger partial charge is 0.383 e. The van der Waals surface area contributed by atoms with Crippen molar-refractivity contribution in [2.75, 3.05) is 19.5 Å². The van der Waals surface area contributed by atoms with E-state index in [2.05, 4.69) is 5.32 Å². The van der Waals surface area contributed by atoms with Crippen LogP contribution in [-0.2, 0) is 9.53 Å². The van der Waals surface area contributed by atoms with Crippen LogP contribution < -0.4 is 5.32 Å². The van der Waals surface area contributed by atoms with Crippen molar-refractivity contribution < 1.29 is 9.53 Å². The molecule has 0 saturated heterocycles. The molecule has 0 aliphatic heterocycles. The number of carbonyl (C=O) groups is 1. The molecule has 1 atom stereocenters. The van der Waals surface area contributed by atoms with Crippen LogP contribution in [0.4, 0.5) is 0 Å². The van der Waals surface area contributed by atoms with E-state index in [-0.39, 0.29) is 11.9 Å². The molecule has 1 unspecified atom stereocenters. The number of aryl methyl sites for hydroxylation is 1. The van der Waals surface area contributed by atoms with Gasteiger partial charge in [-0.05, 0) is 26.0 Å². The fourth-order valence-corrected chi connectivity index (χ4v) is 2.10. The summed E-state index contributed by atoms with van der Waals surface area (Å²) in [5.41, 5.74) is 1.23. The number of carbonyl (C=O) groups excluding carboxylic acids is 1. The lowest BCUT2D eigenvalue weighted by Crippen LogP contribution is -2.36. The number of thioether (sulfide) groups is 1. The second-order valence-corrected chi connectivity index (χ2v) is 5.07. The zero-order chi connectivity index (χ0) is 12.7. The van der Waals surface area contributed by atoms with E-state index in [0.29, 0.717) is 12.4 Å². The third-order valence-electron chi connectivity index (χ3n) is 2.21. The molecule has 3 nitrogen and oxygen atoms in total. The topological polar surface area (TPSA) is 38.3 Å². The van der Waals surface area contributed by atoms with E-state index in [0.717, 1.165) is 4.90 Å². The number of ether oxygens (including phenoxy) is 1. The van der Waals surface area contributed by atoms with E-state index in [9.17, 15) is 4.79 Å². The van der Waals surface area contributed by atoms with Crippen LogP contribution in [-0.4, -0.2) is 31.4 Å². The van der Waals surface area contributed by atoms with Crippen LogP contribution in [0.15, 0.2) is 29.2 Å². The van der Waals surface area contributed by atoms with Crippen LogP contribution in [0.1, 0.15) is 12.5 Å². The van der Waals surface area contributed by atoms with Gasteiger partial charge in [-0.3, -0.25) is 4.79 Å². The van der Waals surface area contributed by atoms with Crippen LogP contribution in [0.2, 0.25) is 0 Å². The molecule has 1 N–H and O–H groups in total. The number of amides is 1. The summed E-state index contributed by atoms with van der Waals surface area (Å²) < 4.78 is 4.96. The van der Waals surface area contributed by atoms with Crippen molar-refractivity contribution in [2.24, 2.45) is 0 Å². The normalized spacial score (nSPS) is 12.2. The lowest BCUT2D eigenvalue weighted by Gasteiger charge is -2.12. The van der Waals surface area contributed by atoms with E-state index in [1.807, 2.05) is 38.1 Å². The number of rotatable bonds is 6. The van der Waals surface area contributed by atoms with Crippen molar-refractivity contribution in [3.05, 3.63) is 29.8 Å². The molecule has 0 fully saturated rings. The second-order valence-electron chi connectivity index (χ2n) is 4.03. The molecule has 1 rings (SSSR count). The minimum absolute atomic E-state index is 0.0418. The molecule has 0 spiro atoms. The summed E-state index contributed by atoms with van der Waals surface area (Å²) in [5.74, 6) is 0.483. The van der Waals surface area contributed by atoms with Crippen molar-refractivity contribution in [3.63, 3.8) is 0 Å². The van der Waals surface area contributed by atoms with Gasteiger partial charge in [-0.2, -0.15) is 0 Å². The van der Waals surface area contributed by atoms with Gasteiger partial charge in [-0.25, -0.2) is 0 Å². The number of hydrogen-bond acceptors (Lipinski definition) is 3. The molecule has 0 aliphatic carbocycles. The van der Waals surface area contributed by atoms with Crippen LogP contribution >= 0.6 is 11.8 Å². The lowest BCUT2D eigenvalue weighted by atomic mass is 10.2. The van der Waals surface area contributed by atoms with Gasteiger partial charge >= 0.3 is 0 Å². The Labute approximate surface area is 107 Å². The standard InChI is InChI=1S/C13H19NO2S/c1-10-4-6-12(7-5-10)17-9-13(15)14-11(2)8-16-3/h4-7,11H,8-9H2,1-3H3,(H,14,15). The maximum Gasteiger partial charge on any atom is 0.230 e. The molecule has 0 heterocycles. The zero-order valence-electron chi connectivity index (χ0n) is 10.5. The molecular formula is C13H19NO2S. The molecule has 0 aliphatic rings. The Hall–Kier alpha value is -1.00. The van der Waals surface area contributed by atoms with Gasteiger partial charge in [0.1, 0.15) is 0 Å². The predicted molar refractivity (Wildman–Crippen MR) is 71.4 cm³/mol. The van der Waals surface area contributed by atoms with E-state index >= 15 is 0 Å². The van der Waals surface area contributed by atoms with E-state index in [1.54, 1.807) is 18.9 Å². The van der Waals surface area contributed by atoms with E-state index < -0.39 is 0 Å². The Kier molecular flexibility index (Phi) is 6.08. The molecular weight excluding hydrogens is 234 g/mol. The van der Waals surface area contributed by atoms with Crippen molar-refractivity contribution in [2.45, 2.75) is 24.8 Å². The molecule has 1 amide bonds. The highest BCUT2D eigenvalue weighted by Gasteiger charge is 2.07. The van der Waals surface area contributed by atoms with Crippen LogP contribution in [0.25, 0.3) is 0 Å². The van der Waals surface area contributed by atoms with Gasteiger partial charge in [0, 0.05) is 18.0 Å². The first-order chi connectivity index (χ1) is 8.11. The monoisotopic (exact) mass is 253 g/mol. The van der Waals surface area contributed by atoms with Gasteiger partial charge in [-0.1, -0.05) is 17.7 Å². The number of methoxy groups -OCH3 is 1. The van der Waals surface area contributed by atoms with Crippen LogP contribution in [0, 0.1) is 6.92 Å². The van der Waals surface area contributed by atoms with Gasteiger partial charge in [0.05, 0.1) is 12.4 Å². The average molecular weight is 253 g/mol. The van der Waals surface area contributed by atoms with E-state index in [1.165, 1.54) is 5.56 Å². The number of hydrogen-bond donors (Lipinski definition) is 1. The highest BCUT2D eigenvalue weighted by molar-refractivity contribution is 8.00. The molecule has 1 aromatic carbocycles. The Bertz CT molecular complexity index is 351. The first kappa shape index (κ1) is 14.1. The Morgan fingerprint density at radius 3 is 2.65 bits per heavy atom.